The first-order valence-corrected chi connectivity index (χ1v) is 8.52. The Hall–Kier alpha value is -2.49. The monoisotopic (exact) mass is 324 g/mol. The SMILES string of the molecule is CC1CCCCN1C(=O)c1ccc(OCc2ccccc2)c(N)c1. The first-order valence-electron chi connectivity index (χ1n) is 8.52. The quantitative estimate of drug-likeness (QED) is 0.869. The summed E-state index contributed by atoms with van der Waals surface area (Å²) in [5.74, 6) is 0.672. The number of piperidine rings is 1. The van der Waals surface area contributed by atoms with Crippen LogP contribution in [-0.4, -0.2) is 23.4 Å². The Balaban J connectivity index is 1.69. The Morgan fingerprint density at radius 2 is 2.00 bits per heavy atom. The summed E-state index contributed by atoms with van der Waals surface area (Å²) in [5.41, 5.74) is 8.31. The van der Waals surface area contributed by atoms with Crippen LogP contribution in [0.2, 0.25) is 0 Å². The number of hydrogen-bond donors (Lipinski definition) is 1. The highest BCUT2D eigenvalue weighted by molar-refractivity contribution is 5.95. The third-order valence-corrected chi connectivity index (χ3v) is 4.56. The molecule has 1 unspecified atom stereocenters. The zero-order valence-electron chi connectivity index (χ0n) is 14.1. The topological polar surface area (TPSA) is 55.6 Å². The van der Waals surface area contributed by atoms with Gasteiger partial charge in [-0.1, -0.05) is 30.3 Å². The molecule has 0 bridgehead atoms. The molecule has 24 heavy (non-hydrogen) atoms. The van der Waals surface area contributed by atoms with Gasteiger partial charge >= 0.3 is 0 Å². The number of carbonyl (C=O) groups is 1. The van der Waals surface area contributed by atoms with E-state index in [0.29, 0.717) is 29.6 Å². The van der Waals surface area contributed by atoms with Crippen LogP contribution >= 0.6 is 0 Å². The Morgan fingerprint density at radius 1 is 1.21 bits per heavy atom. The average molecular weight is 324 g/mol. The fourth-order valence-electron chi connectivity index (χ4n) is 3.11. The fraction of sp³-hybridized carbons (Fsp3) is 0.350. The van der Waals surface area contributed by atoms with Gasteiger partial charge in [-0.2, -0.15) is 0 Å². The third kappa shape index (κ3) is 3.70. The first-order chi connectivity index (χ1) is 11.6. The highest BCUT2D eigenvalue weighted by Crippen LogP contribution is 2.26. The highest BCUT2D eigenvalue weighted by Gasteiger charge is 2.24. The number of hydrogen-bond acceptors (Lipinski definition) is 3. The normalized spacial score (nSPS) is 17.5. The number of ether oxygens (including phenoxy) is 1. The van der Waals surface area contributed by atoms with Crippen LogP contribution in [-0.2, 0) is 6.61 Å². The maximum absolute atomic E-state index is 12.7. The second-order valence-corrected chi connectivity index (χ2v) is 6.37. The molecule has 2 aromatic carbocycles. The molecule has 1 fully saturated rings. The number of benzene rings is 2. The van der Waals surface area contributed by atoms with Crippen molar-refractivity contribution in [3.63, 3.8) is 0 Å². The highest BCUT2D eigenvalue weighted by atomic mass is 16.5. The van der Waals surface area contributed by atoms with Gasteiger partial charge in [0.05, 0.1) is 5.69 Å². The Morgan fingerprint density at radius 3 is 2.71 bits per heavy atom. The van der Waals surface area contributed by atoms with Crippen molar-refractivity contribution in [1.29, 1.82) is 0 Å². The molecule has 0 spiro atoms. The summed E-state index contributed by atoms with van der Waals surface area (Å²) >= 11 is 0. The van der Waals surface area contributed by atoms with Crippen molar-refractivity contribution < 1.29 is 9.53 Å². The van der Waals surface area contributed by atoms with Gasteiger partial charge in [0, 0.05) is 18.2 Å². The fourth-order valence-corrected chi connectivity index (χ4v) is 3.11. The van der Waals surface area contributed by atoms with E-state index in [0.717, 1.165) is 24.9 Å². The van der Waals surface area contributed by atoms with Crippen LogP contribution in [0.15, 0.2) is 48.5 Å². The Labute approximate surface area is 143 Å². The summed E-state index contributed by atoms with van der Waals surface area (Å²) in [6.45, 7) is 3.39. The van der Waals surface area contributed by atoms with Crippen molar-refractivity contribution in [2.24, 2.45) is 0 Å². The van der Waals surface area contributed by atoms with Crippen LogP contribution in [0.3, 0.4) is 0 Å². The maximum Gasteiger partial charge on any atom is 0.254 e. The number of nitrogens with two attached hydrogens (primary N) is 1. The van der Waals surface area contributed by atoms with E-state index in [1.54, 1.807) is 18.2 Å². The molecule has 0 radical (unpaired) electrons. The van der Waals surface area contributed by atoms with E-state index in [2.05, 4.69) is 6.92 Å². The minimum atomic E-state index is 0.0588. The van der Waals surface area contributed by atoms with Gasteiger partial charge in [-0.3, -0.25) is 4.79 Å². The van der Waals surface area contributed by atoms with Gasteiger partial charge in [-0.25, -0.2) is 0 Å². The summed E-state index contributed by atoms with van der Waals surface area (Å²) in [5, 5.41) is 0. The number of anilines is 1. The van der Waals surface area contributed by atoms with E-state index in [9.17, 15) is 4.79 Å². The zero-order chi connectivity index (χ0) is 16.9. The van der Waals surface area contributed by atoms with E-state index in [1.807, 2.05) is 35.2 Å². The third-order valence-electron chi connectivity index (χ3n) is 4.56. The van der Waals surface area contributed by atoms with E-state index in [4.69, 9.17) is 10.5 Å². The number of nitrogen functional groups attached to an aromatic ring is 1. The minimum Gasteiger partial charge on any atom is -0.487 e. The Bertz CT molecular complexity index is 700. The molecule has 1 atom stereocenters. The zero-order valence-corrected chi connectivity index (χ0v) is 14.1. The van der Waals surface area contributed by atoms with Gasteiger partial charge in [0.15, 0.2) is 0 Å². The average Bonchev–Trinajstić information content (AvgIpc) is 2.61. The summed E-state index contributed by atoms with van der Waals surface area (Å²) < 4.78 is 5.77. The molecule has 1 aliphatic heterocycles. The number of likely N-dealkylation sites (tertiary alicyclic amines) is 1. The van der Waals surface area contributed by atoms with E-state index in [-0.39, 0.29) is 5.91 Å². The molecule has 0 aliphatic carbocycles. The number of nitrogens with zero attached hydrogens (tertiary/aromatic N) is 1. The largest absolute Gasteiger partial charge is 0.487 e. The Kier molecular flexibility index (Phi) is 5.04. The molecule has 2 aromatic rings. The second-order valence-electron chi connectivity index (χ2n) is 6.37. The van der Waals surface area contributed by atoms with Crippen molar-refractivity contribution in [2.75, 3.05) is 12.3 Å². The molecule has 1 saturated heterocycles. The van der Waals surface area contributed by atoms with Gasteiger partial charge in [-0.15, -0.1) is 0 Å². The van der Waals surface area contributed by atoms with Crippen LogP contribution in [0, 0.1) is 0 Å². The molecular weight excluding hydrogens is 300 g/mol. The van der Waals surface area contributed by atoms with E-state index < -0.39 is 0 Å². The molecule has 0 aromatic heterocycles. The summed E-state index contributed by atoms with van der Waals surface area (Å²) in [7, 11) is 0. The molecule has 1 heterocycles. The second kappa shape index (κ2) is 7.39. The van der Waals surface area contributed by atoms with Gasteiger partial charge in [0.2, 0.25) is 0 Å². The molecule has 4 nitrogen and oxygen atoms in total. The molecule has 1 aliphatic rings. The van der Waals surface area contributed by atoms with Crippen LogP contribution in [0.25, 0.3) is 0 Å². The van der Waals surface area contributed by atoms with Crippen LogP contribution in [0.1, 0.15) is 42.1 Å². The van der Waals surface area contributed by atoms with Gasteiger partial charge in [-0.05, 0) is 49.9 Å². The van der Waals surface area contributed by atoms with Crippen molar-refractivity contribution in [3.05, 3.63) is 59.7 Å². The molecule has 2 N–H and O–H groups in total. The lowest BCUT2D eigenvalue weighted by Crippen LogP contribution is -2.42. The lowest BCUT2D eigenvalue weighted by atomic mass is 10.0. The smallest absolute Gasteiger partial charge is 0.254 e. The van der Waals surface area contributed by atoms with Gasteiger partial charge in [0.1, 0.15) is 12.4 Å². The lowest BCUT2D eigenvalue weighted by Gasteiger charge is -2.33. The standard InChI is InChI=1S/C20H24N2O2/c1-15-7-5-6-12-22(15)20(23)17-10-11-19(18(21)13-17)24-14-16-8-3-2-4-9-16/h2-4,8-11,13,15H,5-7,12,14,21H2,1H3. The molecule has 126 valence electrons. The molecule has 0 saturated carbocycles. The number of rotatable bonds is 4. The molecule has 1 amide bonds. The van der Waals surface area contributed by atoms with E-state index >= 15 is 0 Å². The van der Waals surface area contributed by atoms with Gasteiger partial charge in [0.25, 0.3) is 5.91 Å². The van der Waals surface area contributed by atoms with Crippen molar-refractivity contribution in [2.45, 2.75) is 38.8 Å². The maximum atomic E-state index is 12.7. The van der Waals surface area contributed by atoms with Crippen molar-refractivity contribution in [3.8, 4) is 5.75 Å². The van der Waals surface area contributed by atoms with Crippen molar-refractivity contribution in [1.82, 2.24) is 4.90 Å². The minimum absolute atomic E-state index is 0.0588. The van der Waals surface area contributed by atoms with Crippen LogP contribution < -0.4 is 10.5 Å². The number of carbonyl (C=O) groups excluding carboxylic acids is 1. The van der Waals surface area contributed by atoms with Crippen LogP contribution in [0.5, 0.6) is 5.75 Å². The predicted molar refractivity (Wildman–Crippen MR) is 96.0 cm³/mol. The summed E-state index contributed by atoms with van der Waals surface area (Å²) in [4.78, 5) is 14.6. The lowest BCUT2D eigenvalue weighted by molar-refractivity contribution is 0.0635. The molecular formula is C20H24N2O2. The molecule has 3 rings (SSSR count). The van der Waals surface area contributed by atoms with Gasteiger partial charge < -0.3 is 15.4 Å². The van der Waals surface area contributed by atoms with Crippen LogP contribution in [0.4, 0.5) is 5.69 Å². The molecule has 4 heteroatoms. The number of amides is 1. The first kappa shape index (κ1) is 16.4. The van der Waals surface area contributed by atoms with Crippen molar-refractivity contribution >= 4 is 11.6 Å². The summed E-state index contributed by atoms with van der Waals surface area (Å²) in [6, 6.07) is 15.6. The van der Waals surface area contributed by atoms with E-state index in [1.165, 1.54) is 6.42 Å². The summed E-state index contributed by atoms with van der Waals surface area (Å²) in [6.07, 6.45) is 3.34. The predicted octanol–water partition coefficient (Wildman–Crippen LogP) is 3.86.